The fraction of sp³-hybridized carbons (Fsp3) is 0.350. The molecule has 4 N–H and O–H groups in total. The monoisotopic (exact) mass is 383 g/mol. The van der Waals surface area contributed by atoms with Crippen LogP contribution in [0.3, 0.4) is 0 Å². The van der Waals surface area contributed by atoms with E-state index in [0.29, 0.717) is 38.2 Å². The molecule has 0 saturated carbocycles. The molecule has 0 bridgehead atoms. The van der Waals surface area contributed by atoms with Crippen molar-refractivity contribution in [1.29, 1.82) is 0 Å². The van der Waals surface area contributed by atoms with Gasteiger partial charge in [-0.15, -0.1) is 0 Å². The average molecular weight is 383 g/mol. The van der Waals surface area contributed by atoms with Crippen LogP contribution in [0.5, 0.6) is 0 Å². The minimum Gasteiger partial charge on any atom is -0.383 e. The van der Waals surface area contributed by atoms with Crippen LogP contribution in [0.25, 0.3) is 11.3 Å². The summed E-state index contributed by atoms with van der Waals surface area (Å²) in [5.74, 6) is -0.433. The Labute approximate surface area is 163 Å². The van der Waals surface area contributed by atoms with Crippen molar-refractivity contribution in [2.24, 2.45) is 5.73 Å². The molecule has 1 fully saturated rings. The predicted molar refractivity (Wildman–Crippen MR) is 106 cm³/mol. The van der Waals surface area contributed by atoms with E-state index in [-0.39, 0.29) is 23.3 Å². The molecule has 1 aromatic heterocycles. The number of likely N-dealkylation sites (tertiary alicyclic amines) is 1. The topological polar surface area (TPSA) is 116 Å². The van der Waals surface area contributed by atoms with Gasteiger partial charge < -0.3 is 21.1 Å². The summed E-state index contributed by atoms with van der Waals surface area (Å²) in [6.45, 7) is 5.20. The highest BCUT2D eigenvalue weighted by atomic mass is 16.5. The number of aromatic nitrogens is 2. The van der Waals surface area contributed by atoms with Crippen molar-refractivity contribution in [2.45, 2.75) is 25.5 Å². The van der Waals surface area contributed by atoms with Crippen molar-refractivity contribution in [3.8, 4) is 11.3 Å². The molecular formula is C20H25N5O3. The molecule has 0 radical (unpaired) electrons. The van der Waals surface area contributed by atoms with Gasteiger partial charge >= 0.3 is 0 Å². The highest BCUT2D eigenvalue weighted by Gasteiger charge is 2.28. The molecule has 1 aliphatic rings. The van der Waals surface area contributed by atoms with Gasteiger partial charge in [-0.1, -0.05) is 30.8 Å². The van der Waals surface area contributed by atoms with E-state index in [0.717, 1.165) is 11.1 Å². The van der Waals surface area contributed by atoms with E-state index in [2.05, 4.69) is 11.7 Å². The number of rotatable bonds is 6. The lowest BCUT2D eigenvalue weighted by Crippen LogP contribution is -2.38. The number of nitrogen functional groups attached to an aromatic ring is 1. The molecule has 2 heterocycles. The quantitative estimate of drug-likeness (QED) is 0.737. The first-order chi connectivity index (χ1) is 13.5. The number of nitrogens with two attached hydrogens (primary N) is 2. The molecule has 0 spiro atoms. The predicted octanol–water partition coefficient (Wildman–Crippen LogP) is 1.73. The van der Waals surface area contributed by atoms with Gasteiger partial charge in [0.1, 0.15) is 17.1 Å². The average Bonchev–Trinajstić information content (AvgIpc) is 3.05. The largest absolute Gasteiger partial charge is 0.383 e. The van der Waals surface area contributed by atoms with Gasteiger partial charge in [0.25, 0.3) is 5.91 Å². The second-order valence-electron chi connectivity index (χ2n) is 6.81. The third-order valence-corrected chi connectivity index (χ3v) is 5.03. The first kappa shape index (κ1) is 19.6. The smallest absolute Gasteiger partial charge is 0.254 e. The van der Waals surface area contributed by atoms with E-state index < -0.39 is 5.91 Å². The Morgan fingerprint density at radius 2 is 1.93 bits per heavy atom. The molecule has 2 amide bonds. The Bertz CT molecular complexity index is 880. The molecule has 0 atom stereocenters. The van der Waals surface area contributed by atoms with Crippen molar-refractivity contribution in [1.82, 2.24) is 14.7 Å². The van der Waals surface area contributed by atoms with Crippen LogP contribution in [-0.2, 0) is 16.1 Å². The van der Waals surface area contributed by atoms with E-state index in [1.807, 2.05) is 24.3 Å². The number of piperidine rings is 1. The second-order valence-corrected chi connectivity index (χ2v) is 6.81. The number of amides is 2. The zero-order chi connectivity index (χ0) is 20.3. The summed E-state index contributed by atoms with van der Waals surface area (Å²) in [6, 6.07) is 7.57. The molecule has 8 nitrogen and oxygen atoms in total. The third-order valence-electron chi connectivity index (χ3n) is 5.03. The Balaban J connectivity index is 1.90. The minimum atomic E-state index is -0.612. The van der Waals surface area contributed by atoms with Gasteiger partial charge in [0.05, 0.1) is 12.6 Å². The number of carbonyl (C=O) groups is 2. The molecule has 1 aromatic carbocycles. The summed E-state index contributed by atoms with van der Waals surface area (Å²) >= 11 is 0. The number of hydrogen-bond donors (Lipinski definition) is 2. The molecule has 2 aromatic rings. The molecule has 0 aliphatic carbocycles. The highest BCUT2D eigenvalue weighted by Crippen LogP contribution is 2.32. The lowest BCUT2D eigenvalue weighted by molar-refractivity contribution is -0.127. The van der Waals surface area contributed by atoms with Gasteiger partial charge in [-0.3, -0.25) is 9.59 Å². The Kier molecular flexibility index (Phi) is 5.79. The number of anilines is 1. The molecular weight excluding hydrogens is 358 g/mol. The zero-order valence-electron chi connectivity index (χ0n) is 15.9. The summed E-state index contributed by atoms with van der Waals surface area (Å²) in [7, 11) is 1.63. The Morgan fingerprint density at radius 3 is 2.46 bits per heavy atom. The van der Waals surface area contributed by atoms with Crippen molar-refractivity contribution < 1.29 is 14.3 Å². The molecule has 1 aliphatic heterocycles. The van der Waals surface area contributed by atoms with Crippen LogP contribution >= 0.6 is 0 Å². The van der Waals surface area contributed by atoms with Crippen LogP contribution in [0.1, 0.15) is 34.8 Å². The van der Waals surface area contributed by atoms with Gasteiger partial charge in [0.15, 0.2) is 0 Å². The van der Waals surface area contributed by atoms with E-state index in [1.165, 1.54) is 6.08 Å². The number of nitrogens with zero attached hydrogens (tertiary/aromatic N) is 3. The molecule has 148 valence electrons. The maximum absolute atomic E-state index is 12.1. The van der Waals surface area contributed by atoms with E-state index >= 15 is 0 Å². The standard InChI is InChI=1S/C20H25N5O3/c1-3-16(26)24-10-8-15(9-11-24)25-19(21)17(20(22)27)18(23-25)14-6-4-13(5-7-14)12-28-2/h3-7,15H,1,8-12,21H2,2H3,(H2,22,27). The van der Waals surface area contributed by atoms with Crippen molar-refractivity contribution in [2.75, 3.05) is 25.9 Å². The lowest BCUT2D eigenvalue weighted by atomic mass is 10.0. The van der Waals surface area contributed by atoms with Gasteiger partial charge in [0.2, 0.25) is 5.91 Å². The summed E-state index contributed by atoms with van der Waals surface area (Å²) in [6.07, 6.45) is 2.70. The summed E-state index contributed by atoms with van der Waals surface area (Å²) in [5, 5.41) is 4.63. The van der Waals surface area contributed by atoms with Crippen molar-refractivity contribution >= 4 is 17.6 Å². The van der Waals surface area contributed by atoms with Crippen LogP contribution < -0.4 is 11.5 Å². The SMILES string of the molecule is C=CC(=O)N1CCC(n2nc(-c3ccc(COC)cc3)c(C(N)=O)c2N)CC1. The minimum absolute atomic E-state index is 0.00604. The highest BCUT2D eigenvalue weighted by molar-refractivity contribution is 6.03. The van der Waals surface area contributed by atoms with Gasteiger partial charge in [-0.25, -0.2) is 4.68 Å². The maximum Gasteiger partial charge on any atom is 0.254 e. The fourth-order valence-corrected chi connectivity index (χ4v) is 3.56. The number of hydrogen-bond acceptors (Lipinski definition) is 5. The second kappa shape index (κ2) is 8.26. The third kappa shape index (κ3) is 3.77. The van der Waals surface area contributed by atoms with E-state index in [4.69, 9.17) is 16.2 Å². The van der Waals surface area contributed by atoms with Crippen molar-refractivity contribution in [3.05, 3.63) is 48.0 Å². The first-order valence-corrected chi connectivity index (χ1v) is 9.13. The molecule has 28 heavy (non-hydrogen) atoms. The van der Waals surface area contributed by atoms with Crippen molar-refractivity contribution in [3.63, 3.8) is 0 Å². The zero-order valence-corrected chi connectivity index (χ0v) is 15.9. The summed E-state index contributed by atoms with van der Waals surface area (Å²) in [5.41, 5.74) is 14.3. The number of primary amides is 1. The van der Waals surface area contributed by atoms with Gasteiger partial charge in [0, 0.05) is 25.8 Å². The number of benzene rings is 1. The maximum atomic E-state index is 12.1. The number of methoxy groups -OCH3 is 1. The van der Waals surface area contributed by atoms with Crippen LogP contribution in [0, 0.1) is 0 Å². The first-order valence-electron chi connectivity index (χ1n) is 9.13. The summed E-state index contributed by atoms with van der Waals surface area (Å²) < 4.78 is 6.80. The van der Waals surface area contributed by atoms with Crippen LogP contribution in [0.2, 0.25) is 0 Å². The number of carbonyl (C=O) groups excluding carboxylic acids is 2. The fourth-order valence-electron chi connectivity index (χ4n) is 3.56. The summed E-state index contributed by atoms with van der Waals surface area (Å²) in [4.78, 5) is 25.6. The van der Waals surface area contributed by atoms with Crippen LogP contribution in [0.15, 0.2) is 36.9 Å². The molecule has 1 saturated heterocycles. The molecule has 8 heteroatoms. The molecule has 0 unspecified atom stereocenters. The van der Waals surface area contributed by atoms with E-state index in [1.54, 1.807) is 16.7 Å². The van der Waals surface area contributed by atoms with E-state index in [9.17, 15) is 9.59 Å². The van der Waals surface area contributed by atoms with Gasteiger partial charge in [-0.2, -0.15) is 5.10 Å². The van der Waals surface area contributed by atoms with Crippen LogP contribution in [-0.4, -0.2) is 46.7 Å². The van der Waals surface area contributed by atoms with Crippen LogP contribution in [0.4, 0.5) is 5.82 Å². The Hall–Kier alpha value is -3.13. The normalized spacial score (nSPS) is 14.8. The molecule has 3 rings (SSSR count). The lowest BCUT2D eigenvalue weighted by Gasteiger charge is -2.31. The number of ether oxygens (including phenoxy) is 1. The van der Waals surface area contributed by atoms with Gasteiger partial charge in [-0.05, 0) is 24.5 Å². The Morgan fingerprint density at radius 1 is 1.29 bits per heavy atom.